The zero-order chi connectivity index (χ0) is 29.5. The second-order valence-corrected chi connectivity index (χ2v) is 9.89. The van der Waals surface area contributed by atoms with Crippen LogP contribution in [0.4, 0.5) is 0 Å². The van der Waals surface area contributed by atoms with Crippen LogP contribution >= 0.6 is 0 Å². The van der Waals surface area contributed by atoms with Crippen LogP contribution in [-0.2, 0) is 0 Å². The first-order valence-electron chi connectivity index (χ1n) is 14.2. The molecule has 0 amide bonds. The summed E-state index contributed by atoms with van der Waals surface area (Å²) in [5.74, 6) is 1.35. The van der Waals surface area contributed by atoms with Crippen molar-refractivity contribution in [3.8, 4) is 35.1 Å². The van der Waals surface area contributed by atoms with Crippen LogP contribution in [-0.4, -0.2) is 23.9 Å². The molecule has 3 rings (SSSR count). The van der Waals surface area contributed by atoms with Crippen molar-refractivity contribution < 1.29 is 19.7 Å². The molecule has 0 aliphatic carbocycles. The minimum Gasteiger partial charge on any atom is -0.508 e. The number of nitrogens with zero attached hydrogens (tertiary/aromatic N) is 2. The normalized spacial score (nSPS) is 11.5. The lowest BCUT2D eigenvalue weighted by Crippen LogP contribution is -2.01. The highest BCUT2D eigenvalue weighted by atomic mass is 16.5. The summed E-state index contributed by atoms with van der Waals surface area (Å²) in [6, 6.07) is 21.0. The van der Waals surface area contributed by atoms with Gasteiger partial charge < -0.3 is 19.7 Å². The molecule has 0 aliphatic rings. The van der Waals surface area contributed by atoms with E-state index in [9.17, 15) is 20.7 Å². The van der Waals surface area contributed by atoms with E-state index in [0.717, 1.165) is 12.8 Å². The van der Waals surface area contributed by atoms with Crippen LogP contribution in [0.25, 0.3) is 23.3 Å². The molecule has 3 aromatic carbocycles. The number of aromatic hydroxyl groups is 2. The van der Waals surface area contributed by atoms with Gasteiger partial charge in [0.15, 0.2) is 0 Å². The van der Waals surface area contributed by atoms with Crippen LogP contribution < -0.4 is 9.47 Å². The third kappa shape index (κ3) is 9.48. The first-order valence-corrected chi connectivity index (χ1v) is 14.2. The Balaban J connectivity index is 1.93. The van der Waals surface area contributed by atoms with Crippen molar-refractivity contribution in [2.45, 2.75) is 58.3 Å². The van der Waals surface area contributed by atoms with Gasteiger partial charge in [-0.3, -0.25) is 0 Å². The van der Waals surface area contributed by atoms with Gasteiger partial charge in [-0.2, -0.15) is 10.5 Å². The molecular weight excluding hydrogens is 512 g/mol. The van der Waals surface area contributed by atoms with Crippen LogP contribution in [0.2, 0.25) is 0 Å². The van der Waals surface area contributed by atoms with Crippen molar-refractivity contribution in [1.82, 2.24) is 0 Å². The fourth-order valence-electron chi connectivity index (χ4n) is 4.49. The minimum absolute atomic E-state index is 0.123. The molecule has 2 N–H and O–H groups in total. The van der Waals surface area contributed by atoms with Crippen molar-refractivity contribution in [2.75, 3.05) is 13.7 Å². The molecule has 0 unspecified atom stereocenters. The summed E-state index contributed by atoms with van der Waals surface area (Å²) in [6.07, 6.45) is 13.0. The van der Waals surface area contributed by atoms with E-state index in [1.165, 1.54) is 50.7 Å². The Morgan fingerprint density at radius 1 is 0.683 bits per heavy atom. The molecule has 6 heteroatoms. The van der Waals surface area contributed by atoms with Gasteiger partial charge in [-0.1, -0.05) is 51.9 Å². The third-order valence-corrected chi connectivity index (χ3v) is 6.81. The molecule has 0 heterocycles. The third-order valence-electron chi connectivity index (χ3n) is 6.81. The highest BCUT2D eigenvalue weighted by molar-refractivity contribution is 5.93. The zero-order valence-corrected chi connectivity index (χ0v) is 23.9. The fourth-order valence-corrected chi connectivity index (χ4v) is 4.49. The lowest BCUT2D eigenvalue weighted by molar-refractivity contribution is 0.303. The maximum atomic E-state index is 9.91. The van der Waals surface area contributed by atoms with Gasteiger partial charge in [-0.05, 0) is 90.4 Å². The van der Waals surface area contributed by atoms with Gasteiger partial charge in [0.05, 0.1) is 37.0 Å². The van der Waals surface area contributed by atoms with Crippen molar-refractivity contribution in [2.24, 2.45) is 0 Å². The molecule has 0 bridgehead atoms. The molecule has 0 saturated carbocycles. The molecule has 212 valence electrons. The van der Waals surface area contributed by atoms with Crippen molar-refractivity contribution in [3.63, 3.8) is 0 Å². The molecule has 41 heavy (non-hydrogen) atoms. The number of hydrogen-bond acceptors (Lipinski definition) is 6. The van der Waals surface area contributed by atoms with Crippen LogP contribution in [0.3, 0.4) is 0 Å². The minimum atomic E-state index is 0.123. The fraction of sp³-hybridized carbons (Fsp3) is 0.314. The number of benzene rings is 3. The number of phenolic OH excluding ortho intramolecular Hbond substituents is 2. The van der Waals surface area contributed by atoms with Gasteiger partial charge in [0.1, 0.15) is 23.0 Å². The predicted octanol–water partition coefficient (Wildman–Crippen LogP) is 8.75. The Morgan fingerprint density at radius 2 is 1.12 bits per heavy atom. The summed E-state index contributed by atoms with van der Waals surface area (Å²) in [5, 5.41) is 39.1. The molecule has 0 atom stereocenters. The lowest BCUT2D eigenvalue weighted by Gasteiger charge is -2.15. The molecule has 6 nitrogen and oxygen atoms in total. The average molecular weight is 551 g/mol. The summed E-state index contributed by atoms with van der Waals surface area (Å²) in [7, 11) is 1.55. The largest absolute Gasteiger partial charge is 0.508 e. The van der Waals surface area contributed by atoms with E-state index in [-0.39, 0.29) is 11.5 Å². The van der Waals surface area contributed by atoms with Crippen molar-refractivity contribution in [3.05, 3.63) is 82.9 Å². The highest BCUT2D eigenvalue weighted by Crippen LogP contribution is 2.35. The monoisotopic (exact) mass is 550 g/mol. The van der Waals surface area contributed by atoms with E-state index < -0.39 is 0 Å². The first-order chi connectivity index (χ1) is 20.0. The van der Waals surface area contributed by atoms with Gasteiger partial charge in [0.25, 0.3) is 0 Å². The zero-order valence-electron chi connectivity index (χ0n) is 23.9. The number of allylic oxidation sites excluding steroid dienone is 2. The second-order valence-electron chi connectivity index (χ2n) is 9.89. The van der Waals surface area contributed by atoms with E-state index in [4.69, 9.17) is 9.47 Å². The number of unbranched alkanes of at least 4 members (excludes halogenated alkanes) is 7. The smallest absolute Gasteiger partial charge is 0.127 e. The van der Waals surface area contributed by atoms with Crippen LogP contribution in [0.1, 0.15) is 80.5 Å². The van der Waals surface area contributed by atoms with Gasteiger partial charge in [0.2, 0.25) is 0 Å². The van der Waals surface area contributed by atoms with Crippen molar-refractivity contribution >= 4 is 23.3 Å². The van der Waals surface area contributed by atoms with E-state index in [1.54, 1.807) is 61.7 Å². The summed E-state index contributed by atoms with van der Waals surface area (Å²) in [6.45, 7) is 2.75. The molecule has 0 aromatic heterocycles. The number of rotatable bonds is 15. The highest BCUT2D eigenvalue weighted by Gasteiger charge is 2.13. The number of phenols is 2. The summed E-state index contributed by atoms with van der Waals surface area (Å²) in [5.41, 5.74) is 3.48. The molecule has 0 fully saturated rings. The van der Waals surface area contributed by atoms with Crippen molar-refractivity contribution in [1.29, 1.82) is 10.5 Å². The van der Waals surface area contributed by atoms with Gasteiger partial charge in [0, 0.05) is 11.1 Å². The molecule has 3 aromatic rings. The number of nitriles is 2. The van der Waals surface area contributed by atoms with Gasteiger partial charge >= 0.3 is 0 Å². The quantitative estimate of drug-likeness (QED) is 0.111. The first kappa shape index (κ1) is 30.9. The van der Waals surface area contributed by atoms with E-state index in [2.05, 4.69) is 19.1 Å². The van der Waals surface area contributed by atoms with Crippen LogP contribution in [0.5, 0.6) is 23.0 Å². The summed E-state index contributed by atoms with van der Waals surface area (Å²) in [4.78, 5) is 0. The molecule has 0 radical (unpaired) electrons. The average Bonchev–Trinajstić information content (AvgIpc) is 2.99. The number of ether oxygens (including phenoxy) is 2. The summed E-state index contributed by atoms with van der Waals surface area (Å²) < 4.78 is 11.9. The van der Waals surface area contributed by atoms with E-state index in [1.807, 2.05) is 6.07 Å². The maximum Gasteiger partial charge on any atom is 0.127 e. The predicted molar refractivity (Wildman–Crippen MR) is 164 cm³/mol. The Morgan fingerprint density at radius 3 is 1.59 bits per heavy atom. The molecule has 0 spiro atoms. The summed E-state index contributed by atoms with van der Waals surface area (Å²) >= 11 is 0. The second kappa shape index (κ2) is 16.4. The Hall–Kier alpha value is -4.68. The number of hydrogen-bond donors (Lipinski definition) is 2. The SMILES string of the molecule is CCCCCCCCCCOc1cc(/C=C(\C#N)c2ccc(O)cc2)c(OC)cc1/C=C(/C#N)c1ccc(O)cc1. The van der Waals surface area contributed by atoms with Crippen LogP contribution in [0.15, 0.2) is 60.7 Å². The lowest BCUT2D eigenvalue weighted by atomic mass is 9.99. The molecule has 0 aliphatic heterocycles. The van der Waals surface area contributed by atoms with Gasteiger partial charge in [-0.15, -0.1) is 0 Å². The Bertz CT molecular complexity index is 1410. The maximum absolute atomic E-state index is 9.91. The van der Waals surface area contributed by atoms with Gasteiger partial charge in [-0.25, -0.2) is 0 Å². The van der Waals surface area contributed by atoms with E-state index in [0.29, 0.717) is 51.5 Å². The molecular formula is C35H38N2O4. The van der Waals surface area contributed by atoms with Crippen LogP contribution in [0, 0.1) is 22.7 Å². The standard InChI is InChI=1S/C35H38N2O4/c1-3-4-5-6-7-8-9-10-19-41-35-23-28(20-30(24-36)26-11-15-32(38)16-12-26)34(40-2)22-29(35)21-31(25-37)27-13-17-33(39)18-14-27/h11-18,20-23,38-39H,3-10,19H2,1-2H3/b30-20+,31-21-. The molecule has 0 saturated heterocycles. The topological polar surface area (TPSA) is 107 Å². The number of methoxy groups -OCH3 is 1. The van der Waals surface area contributed by atoms with E-state index >= 15 is 0 Å². The Kier molecular flexibility index (Phi) is 12.4. The Labute approximate surface area is 243 Å².